The summed E-state index contributed by atoms with van der Waals surface area (Å²) in [5.41, 5.74) is 0. The normalized spacial score (nSPS) is 13.3. The van der Waals surface area contributed by atoms with Crippen molar-refractivity contribution in [1.29, 1.82) is 0 Å². The van der Waals surface area contributed by atoms with Crippen LogP contribution in [-0.4, -0.2) is 13.4 Å². The lowest BCUT2D eigenvalue weighted by Crippen LogP contribution is -2.26. The molecule has 0 aliphatic rings. The van der Waals surface area contributed by atoms with Gasteiger partial charge in [0, 0.05) is 15.5 Å². The summed E-state index contributed by atoms with van der Waals surface area (Å²) in [4.78, 5) is 5.65. The Morgan fingerprint density at radius 1 is 1.45 bits per heavy atom. The van der Waals surface area contributed by atoms with E-state index in [1.807, 2.05) is 6.92 Å². The van der Waals surface area contributed by atoms with Crippen LogP contribution in [0.3, 0.4) is 0 Å². The summed E-state index contributed by atoms with van der Waals surface area (Å²) < 4.78 is 28.0. The van der Waals surface area contributed by atoms with Crippen molar-refractivity contribution in [2.24, 2.45) is 0 Å². The zero-order valence-corrected chi connectivity index (χ0v) is 14.3. The topological polar surface area (TPSA) is 59.1 Å². The van der Waals surface area contributed by atoms with E-state index in [0.717, 1.165) is 20.8 Å². The maximum atomic E-state index is 12.3. The van der Waals surface area contributed by atoms with Crippen LogP contribution in [0.25, 0.3) is 0 Å². The number of hydrogen-bond donors (Lipinski definition) is 1. The average molecular weight is 375 g/mol. The Balaban J connectivity index is 2.19. The highest BCUT2D eigenvalue weighted by molar-refractivity contribution is 9.10. The van der Waals surface area contributed by atoms with Crippen LogP contribution >= 0.6 is 27.3 Å². The Kier molecular flexibility index (Phi) is 4.95. The van der Waals surface area contributed by atoms with Gasteiger partial charge in [-0.2, -0.15) is 0 Å². The van der Waals surface area contributed by atoms with E-state index in [9.17, 15) is 8.42 Å². The smallest absolute Gasteiger partial charge is 0.241 e. The molecule has 0 saturated carbocycles. The van der Waals surface area contributed by atoms with E-state index in [-0.39, 0.29) is 10.9 Å². The fourth-order valence-corrected chi connectivity index (χ4v) is 4.41. The van der Waals surface area contributed by atoms with Crippen LogP contribution in [0, 0.1) is 0 Å². The van der Waals surface area contributed by atoms with Crippen molar-refractivity contribution < 1.29 is 8.42 Å². The second-order valence-electron chi connectivity index (χ2n) is 4.32. The minimum absolute atomic E-state index is 0.242. The Bertz CT molecular complexity index is 698. The van der Waals surface area contributed by atoms with Gasteiger partial charge in [-0.05, 0) is 31.5 Å². The molecule has 2 rings (SSSR count). The van der Waals surface area contributed by atoms with E-state index in [2.05, 4.69) is 25.6 Å². The first-order chi connectivity index (χ1) is 9.42. The zero-order valence-electron chi connectivity index (χ0n) is 11.1. The number of sulfonamides is 1. The van der Waals surface area contributed by atoms with E-state index in [4.69, 9.17) is 0 Å². The molecule has 108 valence electrons. The van der Waals surface area contributed by atoms with Crippen molar-refractivity contribution in [3.63, 3.8) is 0 Å². The molecular formula is C13H15BrN2O2S2. The van der Waals surface area contributed by atoms with Crippen LogP contribution in [-0.2, 0) is 16.4 Å². The highest BCUT2D eigenvalue weighted by atomic mass is 79.9. The van der Waals surface area contributed by atoms with Gasteiger partial charge in [-0.3, -0.25) is 0 Å². The summed E-state index contributed by atoms with van der Waals surface area (Å²) >= 11 is 4.81. The maximum absolute atomic E-state index is 12.3. The molecule has 1 heterocycles. The Hall–Kier alpha value is -0.760. The molecule has 0 aliphatic heterocycles. The molecule has 0 bridgehead atoms. The second-order valence-corrected chi connectivity index (χ2v) is 8.10. The van der Waals surface area contributed by atoms with Gasteiger partial charge in [-0.25, -0.2) is 18.1 Å². The third-order valence-electron chi connectivity index (χ3n) is 2.73. The number of thiazole rings is 1. The first-order valence-electron chi connectivity index (χ1n) is 6.15. The van der Waals surface area contributed by atoms with Gasteiger partial charge in [0.25, 0.3) is 0 Å². The number of benzene rings is 1. The molecule has 4 nitrogen and oxygen atoms in total. The van der Waals surface area contributed by atoms with Gasteiger partial charge in [-0.15, -0.1) is 11.3 Å². The number of aromatic nitrogens is 1. The molecule has 1 atom stereocenters. The van der Waals surface area contributed by atoms with Gasteiger partial charge >= 0.3 is 0 Å². The van der Waals surface area contributed by atoms with Crippen LogP contribution in [0.5, 0.6) is 0 Å². The fraction of sp³-hybridized carbons (Fsp3) is 0.308. The van der Waals surface area contributed by atoms with Gasteiger partial charge in [-0.1, -0.05) is 28.9 Å². The average Bonchev–Trinajstić information content (AvgIpc) is 2.87. The molecule has 7 heteroatoms. The van der Waals surface area contributed by atoms with Crippen LogP contribution in [0.2, 0.25) is 0 Å². The predicted octanol–water partition coefficient (Wildman–Crippen LogP) is 3.51. The van der Waals surface area contributed by atoms with Crippen molar-refractivity contribution in [2.75, 3.05) is 0 Å². The van der Waals surface area contributed by atoms with Gasteiger partial charge in [0.15, 0.2) is 0 Å². The lowest BCUT2D eigenvalue weighted by Gasteiger charge is -2.12. The summed E-state index contributed by atoms with van der Waals surface area (Å²) in [5, 5.41) is 0.778. The number of rotatable bonds is 5. The monoisotopic (exact) mass is 374 g/mol. The third kappa shape index (κ3) is 3.66. The number of nitrogens with one attached hydrogen (secondary N) is 1. The van der Waals surface area contributed by atoms with Crippen molar-refractivity contribution in [3.05, 3.63) is 44.8 Å². The van der Waals surface area contributed by atoms with Gasteiger partial charge in [0.2, 0.25) is 10.0 Å². The molecule has 0 spiro atoms. The predicted molar refractivity (Wildman–Crippen MR) is 84.4 cm³/mol. The van der Waals surface area contributed by atoms with Gasteiger partial charge in [0.05, 0.1) is 10.9 Å². The van der Waals surface area contributed by atoms with Gasteiger partial charge < -0.3 is 0 Å². The quantitative estimate of drug-likeness (QED) is 0.870. The maximum Gasteiger partial charge on any atom is 0.241 e. The van der Waals surface area contributed by atoms with Crippen molar-refractivity contribution in [1.82, 2.24) is 9.71 Å². The number of aryl methyl sites for hydroxylation is 1. The molecule has 0 fully saturated rings. The highest BCUT2D eigenvalue weighted by Crippen LogP contribution is 2.23. The number of hydrogen-bond acceptors (Lipinski definition) is 4. The standard InChI is InChI=1S/C13H15BrN2O2S2/c1-3-11-8-15-13(19-11)9(2)16-20(17,18)12-6-4-5-10(14)7-12/h4-9,16H,3H2,1-2H3. The van der Waals surface area contributed by atoms with Crippen LogP contribution in [0.15, 0.2) is 39.8 Å². The Morgan fingerprint density at radius 2 is 2.20 bits per heavy atom. The largest absolute Gasteiger partial charge is 0.248 e. The second kappa shape index (κ2) is 6.34. The lowest BCUT2D eigenvalue weighted by atomic mass is 10.4. The lowest BCUT2D eigenvalue weighted by molar-refractivity contribution is 0.566. The van der Waals surface area contributed by atoms with Crippen LogP contribution < -0.4 is 4.72 Å². The molecule has 1 aromatic heterocycles. The van der Waals surface area contributed by atoms with Crippen LogP contribution in [0.4, 0.5) is 0 Å². The minimum Gasteiger partial charge on any atom is -0.248 e. The summed E-state index contributed by atoms with van der Waals surface area (Å²) in [6, 6.07) is 6.29. The summed E-state index contributed by atoms with van der Waals surface area (Å²) in [5.74, 6) is 0. The number of halogens is 1. The first-order valence-corrected chi connectivity index (χ1v) is 9.24. The molecular weight excluding hydrogens is 360 g/mol. The van der Waals surface area contributed by atoms with Gasteiger partial charge in [0.1, 0.15) is 5.01 Å². The summed E-state index contributed by atoms with van der Waals surface area (Å²) in [7, 11) is -3.54. The minimum atomic E-state index is -3.54. The Labute approximate surface area is 131 Å². The van der Waals surface area contributed by atoms with E-state index >= 15 is 0 Å². The fourth-order valence-electron chi connectivity index (χ4n) is 1.67. The molecule has 0 saturated heterocycles. The zero-order chi connectivity index (χ0) is 14.8. The molecule has 0 aliphatic carbocycles. The SMILES string of the molecule is CCc1cnc(C(C)NS(=O)(=O)c2cccc(Br)c2)s1. The van der Waals surface area contributed by atoms with Crippen LogP contribution in [0.1, 0.15) is 29.8 Å². The van der Waals surface area contributed by atoms with Crippen molar-refractivity contribution in [2.45, 2.75) is 31.2 Å². The summed E-state index contributed by atoms with van der Waals surface area (Å²) in [6.07, 6.45) is 2.70. The first kappa shape index (κ1) is 15.6. The molecule has 20 heavy (non-hydrogen) atoms. The highest BCUT2D eigenvalue weighted by Gasteiger charge is 2.20. The molecule has 2 aromatic rings. The van der Waals surface area contributed by atoms with E-state index in [0.29, 0.717) is 0 Å². The molecule has 0 amide bonds. The molecule has 1 unspecified atom stereocenters. The number of nitrogens with zero attached hydrogens (tertiary/aromatic N) is 1. The van der Waals surface area contributed by atoms with Crippen molar-refractivity contribution >= 4 is 37.3 Å². The molecule has 0 radical (unpaired) electrons. The third-order valence-corrected chi connectivity index (χ3v) is 6.08. The van der Waals surface area contributed by atoms with E-state index in [1.165, 1.54) is 11.3 Å². The molecule has 1 aromatic carbocycles. The summed E-state index contributed by atoms with van der Waals surface area (Å²) in [6.45, 7) is 3.85. The molecule has 1 N–H and O–H groups in total. The van der Waals surface area contributed by atoms with E-state index in [1.54, 1.807) is 37.4 Å². The Morgan fingerprint density at radius 3 is 2.80 bits per heavy atom. The van der Waals surface area contributed by atoms with E-state index < -0.39 is 10.0 Å². The van der Waals surface area contributed by atoms with Crippen molar-refractivity contribution in [3.8, 4) is 0 Å².